The monoisotopic (exact) mass is 272 g/mol. The first-order valence-corrected chi connectivity index (χ1v) is 5.76. The number of carbonyl (C=O) groups excluding carboxylic acids is 2. The molecule has 17 heavy (non-hydrogen) atoms. The Morgan fingerprint density at radius 2 is 1.82 bits per heavy atom. The Morgan fingerprint density at radius 3 is 2.47 bits per heavy atom. The molecule has 0 spiro atoms. The van der Waals surface area contributed by atoms with Crippen LogP contribution in [0.3, 0.4) is 0 Å². The van der Waals surface area contributed by atoms with Crippen molar-refractivity contribution in [1.29, 1.82) is 0 Å². The predicted octanol–water partition coefficient (Wildman–Crippen LogP) is 1.58. The third kappa shape index (κ3) is 2.53. The standard InChI is InChI=1S/C11H10Cl2N2O2/c12-14-7-10(16)15(13)9(11(14)17)6-8-4-2-1-3-5-8/h1-5,9H,6-7H2/t9-/m1/s1. The average Bonchev–Trinajstić information content (AvgIpc) is 2.33. The van der Waals surface area contributed by atoms with Gasteiger partial charge < -0.3 is 0 Å². The van der Waals surface area contributed by atoms with Crippen LogP contribution in [0.25, 0.3) is 0 Å². The number of rotatable bonds is 2. The van der Waals surface area contributed by atoms with Gasteiger partial charge in [0, 0.05) is 30.0 Å². The molecule has 1 atom stereocenters. The molecule has 0 aromatic heterocycles. The van der Waals surface area contributed by atoms with Gasteiger partial charge in [-0.2, -0.15) is 0 Å². The molecular formula is C11H10Cl2N2O2. The van der Waals surface area contributed by atoms with E-state index in [4.69, 9.17) is 23.6 Å². The van der Waals surface area contributed by atoms with Crippen molar-refractivity contribution in [2.24, 2.45) is 0 Å². The van der Waals surface area contributed by atoms with Crippen LogP contribution in [-0.4, -0.2) is 33.2 Å². The topological polar surface area (TPSA) is 40.6 Å². The van der Waals surface area contributed by atoms with Gasteiger partial charge in [0.15, 0.2) is 0 Å². The van der Waals surface area contributed by atoms with Crippen molar-refractivity contribution in [3.05, 3.63) is 35.9 Å². The van der Waals surface area contributed by atoms with Gasteiger partial charge in [-0.1, -0.05) is 30.3 Å². The van der Waals surface area contributed by atoms with Gasteiger partial charge >= 0.3 is 0 Å². The molecule has 1 aromatic carbocycles. The predicted molar refractivity (Wildman–Crippen MR) is 64.2 cm³/mol. The summed E-state index contributed by atoms with van der Waals surface area (Å²) in [7, 11) is 0. The third-order valence-electron chi connectivity index (χ3n) is 2.58. The first-order valence-electron chi connectivity index (χ1n) is 5.08. The SMILES string of the molecule is O=C1[C@@H](Cc2ccccc2)N(Cl)C(=O)CN1Cl. The molecule has 4 nitrogen and oxygen atoms in total. The van der Waals surface area contributed by atoms with Crippen LogP contribution in [0.5, 0.6) is 0 Å². The van der Waals surface area contributed by atoms with Crippen LogP contribution >= 0.6 is 23.6 Å². The minimum absolute atomic E-state index is 0.185. The summed E-state index contributed by atoms with van der Waals surface area (Å²) in [6.45, 7) is -0.185. The fourth-order valence-electron chi connectivity index (χ4n) is 1.70. The minimum Gasteiger partial charge on any atom is -0.271 e. The smallest absolute Gasteiger partial charge is 0.262 e. The Kier molecular flexibility index (Phi) is 3.54. The van der Waals surface area contributed by atoms with Gasteiger partial charge in [0.05, 0.1) is 0 Å². The summed E-state index contributed by atoms with van der Waals surface area (Å²) in [5.41, 5.74) is 0.927. The van der Waals surface area contributed by atoms with Gasteiger partial charge in [-0.3, -0.25) is 9.59 Å². The van der Waals surface area contributed by atoms with E-state index in [1.54, 1.807) is 0 Å². The quantitative estimate of drug-likeness (QED) is 0.767. The van der Waals surface area contributed by atoms with Crippen LogP contribution in [0.15, 0.2) is 30.3 Å². The van der Waals surface area contributed by atoms with Crippen molar-refractivity contribution < 1.29 is 9.59 Å². The Labute approximate surface area is 109 Å². The number of carbonyl (C=O) groups is 2. The Balaban J connectivity index is 2.18. The Hall–Kier alpha value is -1.26. The number of nitrogens with zero attached hydrogens (tertiary/aromatic N) is 2. The van der Waals surface area contributed by atoms with E-state index in [2.05, 4.69) is 0 Å². The van der Waals surface area contributed by atoms with Crippen LogP contribution < -0.4 is 0 Å². The average molecular weight is 273 g/mol. The van der Waals surface area contributed by atoms with Crippen molar-refractivity contribution in [3.63, 3.8) is 0 Å². The molecule has 1 aromatic rings. The van der Waals surface area contributed by atoms with Crippen molar-refractivity contribution in [3.8, 4) is 0 Å². The molecule has 1 aliphatic rings. The van der Waals surface area contributed by atoms with Crippen molar-refractivity contribution in [2.45, 2.75) is 12.5 Å². The van der Waals surface area contributed by atoms with Gasteiger partial charge in [-0.25, -0.2) is 8.84 Å². The molecule has 0 N–H and O–H groups in total. The third-order valence-corrected chi connectivity index (χ3v) is 3.29. The van der Waals surface area contributed by atoms with E-state index in [1.807, 2.05) is 30.3 Å². The Bertz CT molecular complexity index is 438. The molecule has 2 amide bonds. The van der Waals surface area contributed by atoms with E-state index in [9.17, 15) is 9.59 Å². The molecule has 0 aliphatic carbocycles. The van der Waals surface area contributed by atoms with Crippen LogP contribution in [-0.2, 0) is 16.0 Å². The lowest BCUT2D eigenvalue weighted by atomic mass is 10.0. The van der Waals surface area contributed by atoms with Crippen molar-refractivity contribution in [1.82, 2.24) is 8.84 Å². The highest BCUT2D eigenvalue weighted by Gasteiger charge is 2.38. The second-order valence-corrected chi connectivity index (χ2v) is 4.54. The molecule has 0 unspecified atom stereocenters. The Morgan fingerprint density at radius 1 is 1.18 bits per heavy atom. The number of hydrogen-bond acceptors (Lipinski definition) is 2. The molecule has 0 bridgehead atoms. The molecule has 1 heterocycles. The summed E-state index contributed by atoms with van der Waals surface area (Å²) in [6, 6.07) is 8.61. The summed E-state index contributed by atoms with van der Waals surface area (Å²) < 4.78 is 1.82. The molecule has 6 heteroatoms. The molecule has 2 rings (SSSR count). The maximum Gasteiger partial charge on any atom is 0.262 e. The number of halogens is 2. The molecule has 1 aliphatic heterocycles. The van der Waals surface area contributed by atoms with Gasteiger partial charge in [0.1, 0.15) is 12.6 Å². The van der Waals surface area contributed by atoms with Crippen LogP contribution in [0.4, 0.5) is 0 Å². The van der Waals surface area contributed by atoms with Gasteiger partial charge in [0.25, 0.3) is 11.8 Å². The zero-order chi connectivity index (χ0) is 12.4. The molecule has 90 valence electrons. The van der Waals surface area contributed by atoms with Gasteiger partial charge in [0.2, 0.25) is 0 Å². The van der Waals surface area contributed by atoms with Crippen LogP contribution in [0.2, 0.25) is 0 Å². The van der Waals surface area contributed by atoms with E-state index in [0.29, 0.717) is 6.42 Å². The number of piperazine rings is 1. The summed E-state index contributed by atoms with van der Waals surface area (Å²) in [5, 5.41) is 0. The molecular weight excluding hydrogens is 263 g/mol. The second kappa shape index (κ2) is 4.94. The highest BCUT2D eigenvalue weighted by atomic mass is 35.5. The van der Waals surface area contributed by atoms with Crippen LogP contribution in [0, 0.1) is 0 Å². The number of hydrogen-bond donors (Lipinski definition) is 0. The van der Waals surface area contributed by atoms with E-state index in [0.717, 1.165) is 14.4 Å². The first-order chi connectivity index (χ1) is 8.09. The maximum absolute atomic E-state index is 11.8. The zero-order valence-corrected chi connectivity index (χ0v) is 10.4. The number of benzene rings is 1. The molecule has 0 saturated carbocycles. The largest absolute Gasteiger partial charge is 0.271 e. The summed E-state index contributed by atoms with van der Waals surface area (Å²) in [4.78, 5) is 23.3. The number of amides is 2. The maximum atomic E-state index is 11.8. The van der Waals surface area contributed by atoms with Crippen molar-refractivity contribution >= 4 is 35.4 Å². The second-order valence-electron chi connectivity index (χ2n) is 3.77. The van der Waals surface area contributed by atoms with E-state index >= 15 is 0 Å². The van der Waals surface area contributed by atoms with Gasteiger partial charge in [-0.05, 0) is 5.56 Å². The highest BCUT2D eigenvalue weighted by Crippen LogP contribution is 2.20. The fourth-order valence-corrected chi connectivity index (χ4v) is 2.12. The lowest BCUT2D eigenvalue weighted by molar-refractivity contribution is -0.145. The summed E-state index contributed by atoms with van der Waals surface area (Å²) >= 11 is 11.5. The molecule has 1 fully saturated rings. The highest BCUT2D eigenvalue weighted by molar-refractivity contribution is 6.29. The summed E-state index contributed by atoms with van der Waals surface area (Å²) in [5.74, 6) is -0.729. The minimum atomic E-state index is -0.738. The van der Waals surface area contributed by atoms with E-state index < -0.39 is 6.04 Å². The lowest BCUT2D eigenvalue weighted by Crippen LogP contribution is -2.54. The van der Waals surface area contributed by atoms with E-state index in [-0.39, 0.29) is 18.4 Å². The van der Waals surface area contributed by atoms with Crippen molar-refractivity contribution in [2.75, 3.05) is 6.54 Å². The summed E-state index contributed by atoms with van der Waals surface area (Å²) in [6.07, 6.45) is 0.359. The van der Waals surface area contributed by atoms with Crippen LogP contribution in [0.1, 0.15) is 5.56 Å². The normalized spacial score (nSPS) is 20.9. The zero-order valence-electron chi connectivity index (χ0n) is 8.85. The fraction of sp³-hybridized carbons (Fsp3) is 0.273. The van der Waals surface area contributed by atoms with Gasteiger partial charge in [-0.15, -0.1) is 0 Å². The van der Waals surface area contributed by atoms with E-state index in [1.165, 1.54) is 0 Å². The molecule has 0 radical (unpaired) electrons. The first kappa shape index (κ1) is 12.2. The molecule has 1 saturated heterocycles. The lowest BCUT2D eigenvalue weighted by Gasteiger charge is -2.32.